The van der Waals surface area contributed by atoms with Crippen LogP contribution in [0.25, 0.3) is 20.8 Å². The second-order valence-corrected chi connectivity index (χ2v) is 8.12. The van der Waals surface area contributed by atoms with Crippen LogP contribution in [-0.4, -0.2) is 32.1 Å². The molecule has 158 valence electrons. The van der Waals surface area contributed by atoms with E-state index in [1.165, 1.54) is 14.2 Å². The summed E-state index contributed by atoms with van der Waals surface area (Å²) in [6.45, 7) is 2.04. The molecule has 0 aliphatic rings. The van der Waals surface area contributed by atoms with E-state index in [-0.39, 0.29) is 12.2 Å². The SMILES string of the molecule is COc1cc(C(=O)Cc2cccc(-c3nc4ccccc4s3)c2C)cc(OC)c1OC. The van der Waals surface area contributed by atoms with Gasteiger partial charge in [0.15, 0.2) is 17.3 Å². The maximum atomic E-state index is 13.1. The fraction of sp³-hybridized carbons (Fsp3) is 0.200. The van der Waals surface area contributed by atoms with Gasteiger partial charge in [-0.05, 0) is 42.3 Å². The number of ether oxygens (including phenoxy) is 3. The number of benzene rings is 3. The van der Waals surface area contributed by atoms with Crippen molar-refractivity contribution in [2.75, 3.05) is 21.3 Å². The van der Waals surface area contributed by atoms with E-state index in [2.05, 4.69) is 12.1 Å². The van der Waals surface area contributed by atoms with Crippen LogP contribution in [0.1, 0.15) is 21.5 Å². The van der Waals surface area contributed by atoms with Gasteiger partial charge in [-0.2, -0.15) is 0 Å². The monoisotopic (exact) mass is 433 g/mol. The summed E-state index contributed by atoms with van der Waals surface area (Å²) in [6.07, 6.45) is 0.267. The van der Waals surface area contributed by atoms with Gasteiger partial charge < -0.3 is 14.2 Å². The summed E-state index contributed by atoms with van der Waals surface area (Å²) in [5.41, 5.74) is 4.58. The van der Waals surface area contributed by atoms with Crippen molar-refractivity contribution in [2.24, 2.45) is 0 Å². The molecule has 0 aliphatic heterocycles. The maximum absolute atomic E-state index is 13.1. The van der Waals surface area contributed by atoms with Gasteiger partial charge in [-0.3, -0.25) is 4.79 Å². The summed E-state index contributed by atoms with van der Waals surface area (Å²) in [6, 6.07) is 17.5. The Labute approximate surface area is 185 Å². The Balaban J connectivity index is 1.67. The summed E-state index contributed by atoms with van der Waals surface area (Å²) >= 11 is 1.66. The maximum Gasteiger partial charge on any atom is 0.203 e. The molecule has 0 atom stereocenters. The molecule has 6 heteroatoms. The van der Waals surface area contributed by atoms with E-state index in [0.29, 0.717) is 22.8 Å². The Morgan fingerprint density at radius 3 is 2.29 bits per heavy atom. The van der Waals surface area contributed by atoms with Crippen LogP contribution in [0.3, 0.4) is 0 Å². The van der Waals surface area contributed by atoms with Crippen LogP contribution in [0.15, 0.2) is 54.6 Å². The molecule has 3 aromatic carbocycles. The lowest BCUT2D eigenvalue weighted by Gasteiger charge is -2.14. The van der Waals surface area contributed by atoms with E-state index < -0.39 is 0 Å². The number of fused-ring (bicyclic) bond motifs is 1. The molecule has 4 aromatic rings. The highest BCUT2D eigenvalue weighted by Crippen LogP contribution is 2.39. The number of para-hydroxylation sites is 1. The Hall–Kier alpha value is -3.38. The quantitative estimate of drug-likeness (QED) is 0.349. The largest absolute Gasteiger partial charge is 0.493 e. The zero-order chi connectivity index (χ0) is 22.0. The molecule has 4 rings (SSSR count). The Bertz CT molecular complexity index is 1200. The average Bonchev–Trinajstić information content (AvgIpc) is 3.23. The van der Waals surface area contributed by atoms with Crippen LogP contribution < -0.4 is 14.2 Å². The van der Waals surface area contributed by atoms with Gasteiger partial charge in [0.1, 0.15) is 5.01 Å². The number of nitrogens with zero attached hydrogens (tertiary/aromatic N) is 1. The minimum absolute atomic E-state index is 0.0243. The van der Waals surface area contributed by atoms with Crippen LogP contribution in [0.2, 0.25) is 0 Å². The number of thiazole rings is 1. The molecule has 31 heavy (non-hydrogen) atoms. The van der Waals surface area contributed by atoms with E-state index in [1.807, 2.05) is 37.3 Å². The summed E-state index contributed by atoms with van der Waals surface area (Å²) in [5, 5.41) is 0.959. The predicted octanol–water partition coefficient (Wildman–Crippen LogP) is 5.72. The molecule has 0 unspecified atom stereocenters. The highest BCUT2D eigenvalue weighted by molar-refractivity contribution is 7.21. The molecule has 0 radical (unpaired) electrons. The predicted molar refractivity (Wildman–Crippen MR) is 124 cm³/mol. The number of carbonyl (C=O) groups excluding carboxylic acids is 1. The third-order valence-corrected chi connectivity index (χ3v) is 6.38. The van der Waals surface area contributed by atoms with Crippen LogP contribution in [0, 0.1) is 6.92 Å². The van der Waals surface area contributed by atoms with Crippen molar-refractivity contribution in [2.45, 2.75) is 13.3 Å². The lowest BCUT2D eigenvalue weighted by molar-refractivity contribution is 0.0992. The molecule has 0 saturated heterocycles. The molecular weight excluding hydrogens is 410 g/mol. The highest BCUT2D eigenvalue weighted by atomic mass is 32.1. The van der Waals surface area contributed by atoms with Crippen molar-refractivity contribution in [3.05, 3.63) is 71.3 Å². The standard InChI is InChI=1S/C25H23NO4S/c1-15-16(8-7-9-18(15)25-26-19-10-5-6-11-23(19)31-25)12-20(27)17-13-21(28-2)24(30-4)22(14-17)29-3/h5-11,13-14H,12H2,1-4H3. The minimum atomic E-state index is -0.0243. The van der Waals surface area contributed by atoms with Crippen molar-refractivity contribution in [3.63, 3.8) is 0 Å². The van der Waals surface area contributed by atoms with Crippen LogP contribution in [-0.2, 0) is 6.42 Å². The summed E-state index contributed by atoms with van der Waals surface area (Å²) in [5.74, 6) is 1.37. The number of hydrogen-bond acceptors (Lipinski definition) is 6. The lowest BCUT2D eigenvalue weighted by Crippen LogP contribution is -2.07. The Kier molecular flexibility index (Phi) is 5.91. The van der Waals surface area contributed by atoms with Crippen molar-refractivity contribution in [1.29, 1.82) is 0 Å². The molecule has 0 aliphatic carbocycles. The minimum Gasteiger partial charge on any atom is -0.493 e. The second kappa shape index (κ2) is 8.78. The topological polar surface area (TPSA) is 57.7 Å². The highest BCUT2D eigenvalue weighted by Gasteiger charge is 2.19. The van der Waals surface area contributed by atoms with E-state index in [9.17, 15) is 4.79 Å². The molecule has 1 heterocycles. The molecule has 1 aromatic heterocycles. The van der Waals surface area contributed by atoms with Gasteiger partial charge in [-0.1, -0.05) is 30.3 Å². The summed E-state index contributed by atoms with van der Waals surface area (Å²) in [4.78, 5) is 17.9. The van der Waals surface area contributed by atoms with E-state index in [1.54, 1.807) is 30.6 Å². The van der Waals surface area contributed by atoms with E-state index >= 15 is 0 Å². The third kappa shape index (κ3) is 3.99. The first-order valence-corrected chi connectivity index (χ1v) is 10.6. The number of ketones is 1. The van der Waals surface area contributed by atoms with Gasteiger partial charge in [-0.25, -0.2) is 4.98 Å². The van der Waals surface area contributed by atoms with E-state index in [4.69, 9.17) is 19.2 Å². The van der Waals surface area contributed by atoms with Gasteiger partial charge in [0.05, 0.1) is 31.5 Å². The zero-order valence-electron chi connectivity index (χ0n) is 17.9. The van der Waals surface area contributed by atoms with E-state index in [0.717, 1.165) is 31.9 Å². The number of aromatic nitrogens is 1. The Morgan fingerprint density at radius 2 is 1.65 bits per heavy atom. The summed E-state index contributed by atoms with van der Waals surface area (Å²) < 4.78 is 17.3. The first-order valence-electron chi connectivity index (χ1n) is 9.83. The number of carbonyl (C=O) groups is 1. The van der Waals surface area contributed by atoms with Gasteiger partial charge in [0, 0.05) is 17.5 Å². The summed E-state index contributed by atoms with van der Waals surface area (Å²) in [7, 11) is 4.62. The van der Waals surface area contributed by atoms with Gasteiger partial charge >= 0.3 is 0 Å². The molecule has 0 N–H and O–H groups in total. The van der Waals surface area contributed by atoms with Gasteiger partial charge in [0.25, 0.3) is 0 Å². The molecule has 0 fully saturated rings. The van der Waals surface area contributed by atoms with Crippen molar-refractivity contribution in [3.8, 4) is 27.8 Å². The fourth-order valence-electron chi connectivity index (χ4n) is 3.61. The first kappa shape index (κ1) is 20.9. The second-order valence-electron chi connectivity index (χ2n) is 7.09. The molecule has 5 nitrogen and oxygen atoms in total. The first-order chi connectivity index (χ1) is 15.0. The average molecular weight is 434 g/mol. The smallest absolute Gasteiger partial charge is 0.203 e. The van der Waals surface area contributed by atoms with Crippen LogP contribution in [0.5, 0.6) is 17.2 Å². The van der Waals surface area contributed by atoms with Gasteiger partial charge in [0.2, 0.25) is 5.75 Å². The number of Topliss-reactive ketones (excluding diaryl/α,β-unsaturated/α-hetero) is 1. The molecule has 0 amide bonds. The van der Waals surface area contributed by atoms with Crippen molar-refractivity contribution < 1.29 is 19.0 Å². The number of methoxy groups -OCH3 is 3. The number of rotatable bonds is 7. The zero-order valence-corrected chi connectivity index (χ0v) is 18.7. The lowest BCUT2D eigenvalue weighted by atomic mass is 9.96. The molecular formula is C25H23NO4S. The molecule has 0 bridgehead atoms. The van der Waals surface area contributed by atoms with Crippen LogP contribution >= 0.6 is 11.3 Å². The normalized spacial score (nSPS) is 10.8. The molecule has 0 saturated carbocycles. The van der Waals surface area contributed by atoms with Crippen molar-refractivity contribution in [1.82, 2.24) is 4.98 Å². The molecule has 0 spiro atoms. The van der Waals surface area contributed by atoms with Gasteiger partial charge in [-0.15, -0.1) is 11.3 Å². The van der Waals surface area contributed by atoms with Crippen molar-refractivity contribution >= 4 is 27.3 Å². The fourth-order valence-corrected chi connectivity index (χ4v) is 4.66. The van der Waals surface area contributed by atoms with Crippen LogP contribution in [0.4, 0.5) is 0 Å². The number of hydrogen-bond donors (Lipinski definition) is 0. The third-order valence-electron chi connectivity index (χ3n) is 5.31. The Morgan fingerprint density at radius 1 is 0.935 bits per heavy atom.